The number of aromatic nitrogens is 1. The van der Waals surface area contributed by atoms with E-state index in [1.54, 1.807) is 0 Å². The maximum atomic E-state index is 5.77. The molecule has 0 aliphatic heterocycles. The van der Waals surface area contributed by atoms with Crippen molar-refractivity contribution >= 4 is 11.6 Å². The SMILES string of the molecule is CCN(Cc1ccc(Cl)nc1)CC(C)(C)CN. The van der Waals surface area contributed by atoms with E-state index in [4.69, 9.17) is 17.3 Å². The highest BCUT2D eigenvalue weighted by molar-refractivity contribution is 6.29. The topological polar surface area (TPSA) is 42.2 Å². The van der Waals surface area contributed by atoms with Crippen LogP contribution in [0, 0.1) is 5.41 Å². The van der Waals surface area contributed by atoms with E-state index in [0.717, 1.165) is 19.6 Å². The van der Waals surface area contributed by atoms with Crippen LogP contribution in [0.4, 0.5) is 0 Å². The van der Waals surface area contributed by atoms with Crippen molar-refractivity contribution in [3.8, 4) is 0 Å². The van der Waals surface area contributed by atoms with Crippen LogP contribution < -0.4 is 5.73 Å². The van der Waals surface area contributed by atoms with Gasteiger partial charge in [-0.3, -0.25) is 4.90 Å². The van der Waals surface area contributed by atoms with Gasteiger partial charge in [0.05, 0.1) is 0 Å². The van der Waals surface area contributed by atoms with Gasteiger partial charge in [-0.2, -0.15) is 0 Å². The van der Waals surface area contributed by atoms with Gasteiger partial charge in [0.1, 0.15) is 5.15 Å². The monoisotopic (exact) mass is 255 g/mol. The van der Waals surface area contributed by atoms with Crippen molar-refractivity contribution in [2.24, 2.45) is 11.1 Å². The normalized spacial score (nSPS) is 12.1. The molecule has 0 radical (unpaired) electrons. The molecule has 1 rings (SSSR count). The molecule has 1 aromatic rings. The molecule has 2 N–H and O–H groups in total. The van der Waals surface area contributed by atoms with Crippen molar-refractivity contribution in [2.45, 2.75) is 27.3 Å². The number of nitrogens with two attached hydrogens (primary N) is 1. The Morgan fingerprint density at radius 2 is 2.12 bits per heavy atom. The minimum absolute atomic E-state index is 0.149. The molecule has 0 unspecified atom stereocenters. The lowest BCUT2D eigenvalue weighted by Crippen LogP contribution is -2.38. The van der Waals surface area contributed by atoms with Gasteiger partial charge in [0.2, 0.25) is 0 Å². The van der Waals surface area contributed by atoms with Crippen LogP contribution in [0.1, 0.15) is 26.3 Å². The molecule has 0 atom stereocenters. The molecule has 96 valence electrons. The van der Waals surface area contributed by atoms with Crippen LogP contribution in [0.5, 0.6) is 0 Å². The Hall–Kier alpha value is -0.640. The highest BCUT2D eigenvalue weighted by Crippen LogP contribution is 2.16. The first-order valence-corrected chi connectivity index (χ1v) is 6.37. The second-order valence-electron chi connectivity index (χ2n) is 5.16. The summed E-state index contributed by atoms with van der Waals surface area (Å²) in [5.74, 6) is 0. The summed E-state index contributed by atoms with van der Waals surface area (Å²) in [6, 6.07) is 3.85. The van der Waals surface area contributed by atoms with Gasteiger partial charge in [0, 0.05) is 19.3 Å². The molecule has 0 saturated heterocycles. The average Bonchev–Trinajstić information content (AvgIpc) is 2.31. The Kier molecular flexibility index (Phi) is 5.37. The van der Waals surface area contributed by atoms with Gasteiger partial charge < -0.3 is 5.73 Å². The van der Waals surface area contributed by atoms with Gasteiger partial charge in [-0.1, -0.05) is 38.4 Å². The number of halogens is 1. The van der Waals surface area contributed by atoms with Gasteiger partial charge in [0.15, 0.2) is 0 Å². The number of nitrogens with zero attached hydrogens (tertiary/aromatic N) is 2. The summed E-state index contributed by atoms with van der Waals surface area (Å²) in [4.78, 5) is 6.47. The van der Waals surface area contributed by atoms with Crippen LogP contribution in [0.2, 0.25) is 5.15 Å². The summed E-state index contributed by atoms with van der Waals surface area (Å²) < 4.78 is 0. The molecule has 0 amide bonds. The third-order valence-corrected chi connectivity index (χ3v) is 3.07. The zero-order chi connectivity index (χ0) is 12.9. The van der Waals surface area contributed by atoms with Crippen LogP contribution in [-0.4, -0.2) is 29.5 Å². The highest BCUT2D eigenvalue weighted by Gasteiger charge is 2.19. The Balaban J connectivity index is 2.61. The van der Waals surface area contributed by atoms with Crippen molar-refractivity contribution in [3.63, 3.8) is 0 Å². The van der Waals surface area contributed by atoms with Crippen LogP contribution in [0.3, 0.4) is 0 Å². The van der Waals surface area contributed by atoms with Gasteiger partial charge >= 0.3 is 0 Å². The maximum absolute atomic E-state index is 5.77. The van der Waals surface area contributed by atoms with Crippen LogP contribution in [0.15, 0.2) is 18.3 Å². The molecule has 0 bridgehead atoms. The Morgan fingerprint density at radius 1 is 1.41 bits per heavy atom. The van der Waals surface area contributed by atoms with Crippen molar-refractivity contribution in [1.29, 1.82) is 0 Å². The van der Waals surface area contributed by atoms with E-state index in [1.807, 2.05) is 18.3 Å². The second kappa shape index (κ2) is 6.34. The molecule has 0 aromatic carbocycles. The maximum Gasteiger partial charge on any atom is 0.129 e. The molecule has 1 aromatic heterocycles. The minimum atomic E-state index is 0.149. The first-order valence-electron chi connectivity index (χ1n) is 5.99. The zero-order valence-electron chi connectivity index (χ0n) is 10.9. The van der Waals surface area contributed by atoms with E-state index in [1.165, 1.54) is 5.56 Å². The largest absolute Gasteiger partial charge is 0.330 e. The Morgan fingerprint density at radius 3 is 2.59 bits per heavy atom. The van der Waals surface area contributed by atoms with Crippen molar-refractivity contribution in [3.05, 3.63) is 29.0 Å². The van der Waals surface area contributed by atoms with E-state index in [0.29, 0.717) is 11.7 Å². The van der Waals surface area contributed by atoms with Gasteiger partial charge in [-0.25, -0.2) is 4.98 Å². The number of hydrogen-bond donors (Lipinski definition) is 1. The molecule has 0 aliphatic carbocycles. The number of hydrogen-bond acceptors (Lipinski definition) is 3. The molecular formula is C13H22ClN3. The fourth-order valence-electron chi connectivity index (χ4n) is 1.71. The molecule has 4 heteroatoms. The summed E-state index contributed by atoms with van der Waals surface area (Å²) in [6.07, 6.45) is 1.83. The molecule has 3 nitrogen and oxygen atoms in total. The van der Waals surface area contributed by atoms with Crippen molar-refractivity contribution in [1.82, 2.24) is 9.88 Å². The number of pyridine rings is 1. The summed E-state index contributed by atoms with van der Waals surface area (Å²) >= 11 is 5.77. The smallest absolute Gasteiger partial charge is 0.129 e. The van der Waals surface area contributed by atoms with Crippen LogP contribution in [-0.2, 0) is 6.54 Å². The van der Waals surface area contributed by atoms with Crippen LogP contribution in [0.25, 0.3) is 0 Å². The fourth-order valence-corrected chi connectivity index (χ4v) is 1.82. The van der Waals surface area contributed by atoms with E-state index < -0.39 is 0 Å². The van der Waals surface area contributed by atoms with E-state index in [2.05, 4.69) is 30.7 Å². The Bertz CT molecular complexity index is 335. The fraction of sp³-hybridized carbons (Fsp3) is 0.615. The predicted octanol–water partition coefficient (Wildman–Crippen LogP) is 2.54. The molecular weight excluding hydrogens is 234 g/mol. The second-order valence-corrected chi connectivity index (χ2v) is 5.55. The third kappa shape index (κ3) is 5.02. The highest BCUT2D eigenvalue weighted by atomic mass is 35.5. The molecule has 1 heterocycles. The third-order valence-electron chi connectivity index (χ3n) is 2.85. The summed E-state index contributed by atoms with van der Waals surface area (Å²) in [5.41, 5.74) is 7.10. The van der Waals surface area contributed by atoms with E-state index in [9.17, 15) is 0 Å². The molecule has 0 saturated carbocycles. The van der Waals surface area contributed by atoms with E-state index in [-0.39, 0.29) is 5.41 Å². The summed E-state index contributed by atoms with van der Waals surface area (Å²) in [6.45, 7) is 10.1. The van der Waals surface area contributed by atoms with Crippen molar-refractivity contribution < 1.29 is 0 Å². The quantitative estimate of drug-likeness (QED) is 0.795. The lowest BCUT2D eigenvalue weighted by molar-refractivity contribution is 0.183. The van der Waals surface area contributed by atoms with Crippen LogP contribution >= 0.6 is 11.6 Å². The van der Waals surface area contributed by atoms with E-state index >= 15 is 0 Å². The predicted molar refractivity (Wildman–Crippen MR) is 73.0 cm³/mol. The minimum Gasteiger partial charge on any atom is -0.330 e. The summed E-state index contributed by atoms with van der Waals surface area (Å²) in [5, 5.41) is 0.541. The first kappa shape index (κ1) is 14.4. The molecule has 0 spiro atoms. The first-order chi connectivity index (χ1) is 7.96. The van der Waals surface area contributed by atoms with Gasteiger partial charge in [0.25, 0.3) is 0 Å². The van der Waals surface area contributed by atoms with Gasteiger partial charge in [-0.15, -0.1) is 0 Å². The lowest BCUT2D eigenvalue weighted by atomic mass is 9.93. The van der Waals surface area contributed by atoms with Gasteiger partial charge in [-0.05, 0) is 30.1 Å². The Labute approximate surface area is 109 Å². The lowest BCUT2D eigenvalue weighted by Gasteiger charge is -2.31. The molecule has 17 heavy (non-hydrogen) atoms. The van der Waals surface area contributed by atoms with Crippen molar-refractivity contribution in [2.75, 3.05) is 19.6 Å². The summed E-state index contributed by atoms with van der Waals surface area (Å²) in [7, 11) is 0. The molecule has 0 aliphatic rings. The zero-order valence-corrected chi connectivity index (χ0v) is 11.7. The standard InChI is InChI=1S/C13H22ClN3/c1-4-17(10-13(2,3)9-15)8-11-5-6-12(14)16-7-11/h5-7H,4,8-10,15H2,1-3H3. The average molecular weight is 256 g/mol. The molecule has 0 fully saturated rings. The number of rotatable bonds is 6.